The van der Waals surface area contributed by atoms with Crippen LogP contribution >= 0.6 is 0 Å². The summed E-state index contributed by atoms with van der Waals surface area (Å²) in [5.74, 6) is 0. The van der Waals surface area contributed by atoms with E-state index in [1.54, 1.807) is 6.81 Å². The summed E-state index contributed by atoms with van der Waals surface area (Å²) in [6, 6.07) is 0. The van der Waals surface area contributed by atoms with E-state index in [1.807, 2.05) is 43.6 Å². The predicted molar refractivity (Wildman–Crippen MR) is 78.8 cm³/mol. The Bertz CT molecular complexity index is 391. The molecule has 0 aliphatic heterocycles. The standard InChI is InChI=1S/C5H8B8O/c1-9-13-11-3-2(10-12-8)4(6)14-5(3)7/h1,6-8H2. The second-order valence-electron chi connectivity index (χ2n) is 3.14. The van der Waals surface area contributed by atoms with Crippen molar-refractivity contribution in [3.8, 4) is 0 Å². The zero-order valence-corrected chi connectivity index (χ0v) is 9.00. The SMILES string of the molecule is B/B=B\c1c(B)oc(B)c1/B=B\B=C. The molecule has 14 heavy (non-hydrogen) atoms. The van der Waals surface area contributed by atoms with Crippen LogP contribution in [0.5, 0.6) is 0 Å². The average Bonchev–Trinajstić information content (AvgIpc) is 2.40. The van der Waals surface area contributed by atoms with Gasteiger partial charge >= 0.3 is 90.4 Å². The van der Waals surface area contributed by atoms with Crippen molar-refractivity contribution in [1.29, 1.82) is 0 Å². The van der Waals surface area contributed by atoms with Gasteiger partial charge in [-0.05, 0) is 0 Å². The van der Waals surface area contributed by atoms with Gasteiger partial charge in [-0.15, -0.1) is 0 Å². The van der Waals surface area contributed by atoms with E-state index in [-0.39, 0.29) is 0 Å². The van der Waals surface area contributed by atoms with Crippen LogP contribution in [0, 0.1) is 0 Å². The maximum absolute atomic E-state index is 5.56. The van der Waals surface area contributed by atoms with E-state index in [2.05, 4.69) is 13.3 Å². The molecule has 0 saturated heterocycles. The molecule has 0 saturated carbocycles. The van der Waals surface area contributed by atoms with E-state index in [4.69, 9.17) is 4.42 Å². The summed E-state index contributed by atoms with van der Waals surface area (Å²) in [4.78, 5) is 0. The second-order valence-corrected chi connectivity index (χ2v) is 3.14. The Labute approximate surface area is 90.7 Å². The molecule has 1 rings (SSSR count). The van der Waals surface area contributed by atoms with Gasteiger partial charge in [0.15, 0.2) is 0 Å². The summed E-state index contributed by atoms with van der Waals surface area (Å²) < 4.78 is 5.56. The van der Waals surface area contributed by atoms with Crippen molar-refractivity contribution in [3.63, 3.8) is 0 Å². The number of furan rings is 1. The van der Waals surface area contributed by atoms with Gasteiger partial charge < -0.3 is 0 Å². The minimum absolute atomic E-state index is 0.953. The molecule has 0 bridgehead atoms. The van der Waals surface area contributed by atoms with Gasteiger partial charge in [-0.25, -0.2) is 0 Å². The zero-order valence-electron chi connectivity index (χ0n) is 9.00. The fourth-order valence-corrected chi connectivity index (χ4v) is 1.46. The third kappa shape index (κ3) is 2.58. The molecule has 58 valence electrons. The molecule has 0 unspecified atom stereocenters. The molecule has 0 aliphatic rings. The molecule has 0 spiro atoms. The van der Waals surface area contributed by atoms with E-state index in [0.717, 1.165) is 22.2 Å². The van der Waals surface area contributed by atoms with Crippen LogP contribution in [0.4, 0.5) is 0 Å². The number of hydrogen-bond acceptors (Lipinski definition) is 1. The van der Waals surface area contributed by atoms with Gasteiger partial charge in [0, 0.05) is 0 Å². The first-order valence-corrected chi connectivity index (χ1v) is 4.72. The van der Waals surface area contributed by atoms with Gasteiger partial charge in [-0.1, -0.05) is 0 Å². The van der Waals surface area contributed by atoms with Crippen LogP contribution in [0.2, 0.25) is 0 Å². The van der Waals surface area contributed by atoms with Gasteiger partial charge in [-0.3, -0.25) is 0 Å². The molecule has 0 aliphatic carbocycles. The Hall–Kier alpha value is -0.331. The molecular formula is C5H8B8O. The predicted octanol–water partition coefficient (Wildman–Crippen LogP) is -6.71. The first-order valence-electron chi connectivity index (χ1n) is 4.72. The number of rotatable bonds is 3. The van der Waals surface area contributed by atoms with Crippen LogP contribution in [0.25, 0.3) is 0 Å². The van der Waals surface area contributed by atoms with E-state index in [0.29, 0.717) is 0 Å². The monoisotopic (exact) mass is 172 g/mol. The Balaban J connectivity index is 3.24. The van der Waals surface area contributed by atoms with Crippen LogP contribution < -0.4 is 22.2 Å². The van der Waals surface area contributed by atoms with Crippen molar-refractivity contribution in [2.45, 2.75) is 0 Å². The fraction of sp³-hybridized carbons (Fsp3) is 0. The Morgan fingerprint density at radius 2 is 1.64 bits per heavy atom. The van der Waals surface area contributed by atoms with Crippen molar-refractivity contribution in [2.24, 2.45) is 0 Å². The molecule has 9 heteroatoms. The first kappa shape index (κ1) is 11.7. The molecule has 0 N–H and O–H groups in total. The van der Waals surface area contributed by atoms with Gasteiger partial charge in [0.1, 0.15) is 0 Å². The molecule has 1 heterocycles. The summed E-state index contributed by atoms with van der Waals surface area (Å²) in [5, 5.41) is 0. The molecule has 0 amide bonds. The Morgan fingerprint density at radius 1 is 1.07 bits per heavy atom. The van der Waals surface area contributed by atoms with E-state index < -0.39 is 0 Å². The summed E-state index contributed by atoms with van der Waals surface area (Å²) in [7, 11) is 5.96. The summed E-state index contributed by atoms with van der Waals surface area (Å²) in [5.41, 5.74) is 4.21. The van der Waals surface area contributed by atoms with Crippen LogP contribution in [0.1, 0.15) is 0 Å². The molecule has 0 fully saturated rings. The van der Waals surface area contributed by atoms with Crippen LogP contribution in [-0.4, -0.2) is 63.7 Å². The quantitative estimate of drug-likeness (QED) is 0.411. The van der Waals surface area contributed by atoms with Crippen molar-refractivity contribution in [3.05, 3.63) is 0 Å². The van der Waals surface area contributed by atoms with E-state index in [9.17, 15) is 0 Å². The second kappa shape index (κ2) is 5.53. The normalized spacial score (nSPS) is 8.86. The minimum atomic E-state index is 0.953. The summed E-state index contributed by atoms with van der Waals surface area (Å²) in [6.07, 6.45) is 0. The van der Waals surface area contributed by atoms with Crippen molar-refractivity contribution in [2.75, 3.05) is 0 Å². The molecule has 0 aromatic carbocycles. The summed E-state index contributed by atoms with van der Waals surface area (Å²) >= 11 is 0. The van der Waals surface area contributed by atoms with Gasteiger partial charge in [0.05, 0.1) is 0 Å². The molecule has 0 radical (unpaired) electrons. The van der Waals surface area contributed by atoms with Gasteiger partial charge in [0.2, 0.25) is 0 Å². The van der Waals surface area contributed by atoms with Gasteiger partial charge in [-0.2, -0.15) is 0 Å². The molecule has 0 atom stereocenters. The van der Waals surface area contributed by atoms with Crippen LogP contribution in [0.3, 0.4) is 0 Å². The third-order valence-electron chi connectivity index (χ3n) is 2.09. The maximum atomic E-state index is 5.56. The van der Waals surface area contributed by atoms with Crippen LogP contribution in [0.15, 0.2) is 4.42 Å². The first-order chi connectivity index (χ1) is 6.70. The van der Waals surface area contributed by atoms with Gasteiger partial charge in [0.25, 0.3) is 0 Å². The Morgan fingerprint density at radius 3 is 2.14 bits per heavy atom. The van der Waals surface area contributed by atoms with Crippen molar-refractivity contribution < 1.29 is 4.42 Å². The zero-order chi connectivity index (χ0) is 10.6. The molecule has 1 aromatic heterocycles. The van der Waals surface area contributed by atoms with E-state index >= 15 is 0 Å². The third-order valence-corrected chi connectivity index (χ3v) is 2.09. The Kier molecular flexibility index (Phi) is 4.64. The molecule has 1 aromatic rings. The van der Waals surface area contributed by atoms with Crippen molar-refractivity contribution >= 4 is 85.9 Å². The molecular weight excluding hydrogens is 163 g/mol. The number of hydrogen-bond donors (Lipinski definition) is 0. The molecule has 1 nitrogen and oxygen atoms in total. The average molecular weight is 171 g/mol. The summed E-state index contributed by atoms with van der Waals surface area (Å²) in [6.45, 7) is 13.4. The fourth-order valence-electron chi connectivity index (χ4n) is 1.46. The van der Waals surface area contributed by atoms with Crippen LogP contribution in [-0.2, 0) is 0 Å². The topological polar surface area (TPSA) is 13.1 Å². The van der Waals surface area contributed by atoms with Crippen molar-refractivity contribution in [1.82, 2.24) is 0 Å². The van der Waals surface area contributed by atoms with E-state index in [1.165, 1.54) is 0 Å².